The van der Waals surface area contributed by atoms with E-state index < -0.39 is 24.6 Å². The molecule has 0 aromatic rings. The first-order valence-electron chi connectivity index (χ1n) is 5.43. The first-order valence-corrected chi connectivity index (χ1v) is 5.43. The van der Waals surface area contributed by atoms with Crippen LogP contribution in [0.4, 0.5) is 13.2 Å². The molecule has 104 valence electrons. The standard InChI is InChI=1S/C11H16F3NO3/c1-2-7-15(8-11(12,13)14)9(16)5-3-4-6-10(17)18/h2H,1,3-8H2,(H,17,18). The van der Waals surface area contributed by atoms with Gasteiger partial charge in [-0.3, -0.25) is 9.59 Å². The molecule has 0 aliphatic carbocycles. The van der Waals surface area contributed by atoms with E-state index in [9.17, 15) is 22.8 Å². The van der Waals surface area contributed by atoms with E-state index in [1.165, 1.54) is 6.08 Å². The van der Waals surface area contributed by atoms with Gasteiger partial charge in [0, 0.05) is 19.4 Å². The van der Waals surface area contributed by atoms with Gasteiger partial charge in [-0.05, 0) is 12.8 Å². The molecule has 7 heteroatoms. The fourth-order valence-corrected chi connectivity index (χ4v) is 1.34. The Labute approximate surface area is 103 Å². The van der Waals surface area contributed by atoms with Crippen molar-refractivity contribution in [2.24, 2.45) is 0 Å². The molecule has 0 aliphatic heterocycles. The van der Waals surface area contributed by atoms with E-state index in [4.69, 9.17) is 5.11 Å². The second-order valence-corrected chi connectivity index (χ2v) is 3.78. The number of hydrogen-bond acceptors (Lipinski definition) is 2. The first-order chi connectivity index (χ1) is 8.26. The van der Waals surface area contributed by atoms with E-state index in [0.717, 1.165) is 0 Å². The molecule has 0 unspecified atom stereocenters. The average molecular weight is 267 g/mol. The van der Waals surface area contributed by atoms with Crippen molar-refractivity contribution in [3.63, 3.8) is 0 Å². The topological polar surface area (TPSA) is 57.6 Å². The van der Waals surface area contributed by atoms with Gasteiger partial charge in [-0.15, -0.1) is 6.58 Å². The summed E-state index contributed by atoms with van der Waals surface area (Å²) in [5, 5.41) is 8.37. The van der Waals surface area contributed by atoms with Crippen LogP contribution in [0.2, 0.25) is 0 Å². The van der Waals surface area contributed by atoms with E-state index >= 15 is 0 Å². The number of carboxylic acids is 1. The number of rotatable bonds is 8. The van der Waals surface area contributed by atoms with E-state index in [1.807, 2.05) is 0 Å². The molecule has 0 aromatic heterocycles. The third-order valence-corrected chi connectivity index (χ3v) is 2.10. The van der Waals surface area contributed by atoms with Crippen LogP contribution in [0.3, 0.4) is 0 Å². The largest absolute Gasteiger partial charge is 0.481 e. The number of aliphatic carboxylic acids is 1. The zero-order valence-electron chi connectivity index (χ0n) is 9.87. The lowest BCUT2D eigenvalue weighted by atomic mass is 10.2. The van der Waals surface area contributed by atoms with Gasteiger partial charge in [-0.1, -0.05) is 6.08 Å². The molecule has 0 spiro atoms. The summed E-state index contributed by atoms with van der Waals surface area (Å²) in [6.07, 6.45) is -2.86. The van der Waals surface area contributed by atoms with Crippen molar-refractivity contribution in [3.05, 3.63) is 12.7 Å². The van der Waals surface area contributed by atoms with Gasteiger partial charge >= 0.3 is 12.1 Å². The normalized spacial score (nSPS) is 11.1. The zero-order valence-corrected chi connectivity index (χ0v) is 9.87. The summed E-state index contributed by atoms with van der Waals surface area (Å²) in [5.41, 5.74) is 0. The van der Waals surface area contributed by atoms with Crippen LogP contribution in [0.25, 0.3) is 0 Å². The molecule has 0 radical (unpaired) electrons. The molecule has 0 rings (SSSR count). The van der Waals surface area contributed by atoms with Crippen molar-refractivity contribution in [3.8, 4) is 0 Å². The summed E-state index contributed by atoms with van der Waals surface area (Å²) in [4.78, 5) is 22.4. The van der Waals surface area contributed by atoms with Crippen LogP contribution >= 0.6 is 0 Å². The van der Waals surface area contributed by atoms with Gasteiger partial charge in [-0.25, -0.2) is 0 Å². The molecule has 0 bridgehead atoms. The molecule has 0 heterocycles. The number of halogens is 3. The van der Waals surface area contributed by atoms with Crippen LogP contribution in [0.15, 0.2) is 12.7 Å². The van der Waals surface area contributed by atoms with Crippen molar-refractivity contribution in [2.75, 3.05) is 13.1 Å². The van der Waals surface area contributed by atoms with Gasteiger partial charge in [0.2, 0.25) is 5.91 Å². The molecular weight excluding hydrogens is 251 g/mol. The number of unbranched alkanes of at least 4 members (excludes halogenated alkanes) is 1. The third-order valence-electron chi connectivity index (χ3n) is 2.10. The lowest BCUT2D eigenvalue weighted by molar-refractivity contribution is -0.160. The number of alkyl halides is 3. The van der Waals surface area contributed by atoms with Crippen LogP contribution in [0, 0.1) is 0 Å². The molecule has 0 saturated carbocycles. The quantitative estimate of drug-likeness (QED) is 0.542. The predicted molar refractivity (Wildman–Crippen MR) is 58.9 cm³/mol. The SMILES string of the molecule is C=CCN(CC(F)(F)F)C(=O)CCCCC(=O)O. The van der Waals surface area contributed by atoms with E-state index in [-0.39, 0.29) is 32.2 Å². The minimum absolute atomic E-state index is 0.0861. The maximum absolute atomic E-state index is 12.2. The third kappa shape index (κ3) is 8.60. The van der Waals surface area contributed by atoms with E-state index in [0.29, 0.717) is 4.90 Å². The highest BCUT2D eigenvalue weighted by atomic mass is 19.4. The van der Waals surface area contributed by atoms with Crippen LogP contribution in [-0.2, 0) is 9.59 Å². The van der Waals surface area contributed by atoms with Crippen LogP contribution in [0.1, 0.15) is 25.7 Å². The predicted octanol–water partition coefficient (Wildman–Crippen LogP) is 2.21. The Morgan fingerprint density at radius 2 is 1.78 bits per heavy atom. The van der Waals surface area contributed by atoms with Crippen molar-refractivity contribution < 1.29 is 27.9 Å². The molecule has 0 aliphatic rings. The summed E-state index contributed by atoms with van der Waals surface area (Å²) >= 11 is 0. The van der Waals surface area contributed by atoms with Crippen molar-refractivity contribution in [2.45, 2.75) is 31.9 Å². The Balaban J connectivity index is 4.14. The Bertz CT molecular complexity index is 302. The maximum Gasteiger partial charge on any atom is 0.406 e. The highest BCUT2D eigenvalue weighted by Gasteiger charge is 2.32. The van der Waals surface area contributed by atoms with Crippen LogP contribution in [0.5, 0.6) is 0 Å². The van der Waals surface area contributed by atoms with Gasteiger partial charge in [0.25, 0.3) is 0 Å². The first kappa shape index (κ1) is 16.5. The highest BCUT2D eigenvalue weighted by molar-refractivity contribution is 5.76. The van der Waals surface area contributed by atoms with Gasteiger partial charge < -0.3 is 10.0 Å². The lowest BCUT2D eigenvalue weighted by Gasteiger charge is -2.22. The van der Waals surface area contributed by atoms with E-state index in [1.54, 1.807) is 0 Å². The van der Waals surface area contributed by atoms with Gasteiger partial charge in [0.05, 0.1) is 0 Å². The molecule has 1 amide bonds. The summed E-state index contributed by atoms with van der Waals surface area (Å²) in [5.74, 6) is -1.63. The second kappa shape index (κ2) is 7.73. The van der Waals surface area contributed by atoms with Crippen molar-refractivity contribution in [1.29, 1.82) is 0 Å². The summed E-state index contributed by atoms with van der Waals surface area (Å²) in [6.45, 7) is 1.82. The summed E-state index contributed by atoms with van der Waals surface area (Å²) in [7, 11) is 0. The molecule has 18 heavy (non-hydrogen) atoms. The molecule has 0 fully saturated rings. The maximum atomic E-state index is 12.2. The van der Waals surface area contributed by atoms with Crippen LogP contribution in [-0.4, -0.2) is 41.1 Å². The Hall–Kier alpha value is -1.53. The zero-order chi connectivity index (χ0) is 14.2. The Morgan fingerprint density at radius 3 is 2.22 bits per heavy atom. The number of carboxylic acid groups (broad SMARTS) is 1. The summed E-state index contributed by atoms with van der Waals surface area (Å²) in [6, 6.07) is 0. The fraction of sp³-hybridized carbons (Fsp3) is 0.636. The van der Waals surface area contributed by atoms with Gasteiger partial charge in [0.15, 0.2) is 0 Å². The fourth-order valence-electron chi connectivity index (χ4n) is 1.34. The Morgan fingerprint density at radius 1 is 1.22 bits per heavy atom. The van der Waals surface area contributed by atoms with Crippen LogP contribution < -0.4 is 0 Å². The molecule has 4 nitrogen and oxygen atoms in total. The number of carbonyl (C=O) groups excluding carboxylic acids is 1. The number of hydrogen-bond donors (Lipinski definition) is 1. The number of nitrogens with zero attached hydrogens (tertiary/aromatic N) is 1. The monoisotopic (exact) mass is 267 g/mol. The molecule has 0 aromatic carbocycles. The molecule has 0 atom stereocenters. The minimum atomic E-state index is -4.44. The number of carbonyl (C=O) groups is 2. The molecule has 1 N–H and O–H groups in total. The van der Waals surface area contributed by atoms with Crippen molar-refractivity contribution in [1.82, 2.24) is 4.90 Å². The highest BCUT2D eigenvalue weighted by Crippen LogP contribution is 2.17. The lowest BCUT2D eigenvalue weighted by Crippen LogP contribution is -2.38. The molecular formula is C11H16F3NO3. The van der Waals surface area contributed by atoms with E-state index in [2.05, 4.69) is 6.58 Å². The van der Waals surface area contributed by atoms with Crippen molar-refractivity contribution >= 4 is 11.9 Å². The second-order valence-electron chi connectivity index (χ2n) is 3.78. The Kier molecular flexibility index (Phi) is 7.07. The minimum Gasteiger partial charge on any atom is -0.481 e. The van der Waals surface area contributed by atoms with Gasteiger partial charge in [0.1, 0.15) is 6.54 Å². The van der Waals surface area contributed by atoms with Gasteiger partial charge in [-0.2, -0.15) is 13.2 Å². The smallest absolute Gasteiger partial charge is 0.406 e. The number of amides is 1. The average Bonchev–Trinajstić information content (AvgIpc) is 2.21. The molecule has 0 saturated heterocycles. The summed E-state index contributed by atoms with van der Waals surface area (Å²) < 4.78 is 36.5.